The molecule has 1 N–H and O–H groups in total. The van der Waals surface area contributed by atoms with Gasteiger partial charge in [-0.2, -0.15) is 0 Å². The molecule has 0 aliphatic carbocycles. The van der Waals surface area contributed by atoms with Gasteiger partial charge in [0.1, 0.15) is 5.82 Å². The smallest absolute Gasteiger partial charge is 0.125 e. The molecule has 0 aromatic carbocycles. The largest absolute Gasteiger partial charge is 0.369 e. The van der Waals surface area contributed by atoms with E-state index in [1.807, 2.05) is 18.2 Å². The third kappa shape index (κ3) is 3.64. The Hall–Kier alpha value is -0.760. The Morgan fingerprint density at radius 1 is 1.46 bits per heavy atom. The molecule has 0 saturated carbocycles. The number of anilines is 1. The molecule has 0 bridgehead atoms. The summed E-state index contributed by atoms with van der Waals surface area (Å²) in [5.74, 6) is 1.37. The van der Waals surface area contributed by atoms with Crippen LogP contribution in [0.2, 0.25) is 0 Å². The molecule has 1 unspecified atom stereocenters. The molecule has 0 fully saturated rings. The lowest BCUT2D eigenvalue weighted by Gasteiger charge is -2.14. The van der Waals surface area contributed by atoms with E-state index in [0.29, 0.717) is 5.92 Å². The van der Waals surface area contributed by atoms with Crippen molar-refractivity contribution < 1.29 is 0 Å². The fraction of sp³-hybridized carbons (Fsp3) is 0.500. The van der Waals surface area contributed by atoms with Crippen LogP contribution >= 0.6 is 11.6 Å². The molecule has 0 amide bonds. The van der Waals surface area contributed by atoms with Gasteiger partial charge >= 0.3 is 0 Å². The summed E-state index contributed by atoms with van der Waals surface area (Å²) in [4.78, 5) is 4.14. The van der Waals surface area contributed by atoms with Crippen LogP contribution in [-0.4, -0.2) is 16.9 Å². The Morgan fingerprint density at radius 3 is 2.77 bits per heavy atom. The first-order valence-electron chi connectivity index (χ1n) is 4.49. The molecule has 3 heteroatoms. The van der Waals surface area contributed by atoms with Crippen LogP contribution in [0.1, 0.15) is 13.8 Å². The Kier molecular flexibility index (Phi) is 4.03. The predicted molar refractivity (Wildman–Crippen MR) is 57.2 cm³/mol. The molecule has 13 heavy (non-hydrogen) atoms. The number of alkyl halides is 1. The zero-order valence-electron chi connectivity index (χ0n) is 8.00. The molecule has 0 aliphatic rings. The highest BCUT2D eigenvalue weighted by atomic mass is 35.5. The van der Waals surface area contributed by atoms with Gasteiger partial charge in [-0.3, -0.25) is 0 Å². The lowest BCUT2D eigenvalue weighted by Crippen LogP contribution is -2.19. The van der Waals surface area contributed by atoms with Crippen LogP contribution in [-0.2, 0) is 0 Å². The van der Waals surface area contributed by atoms with Crippen molar-refractivity contribution in [3.8, 4) is 0 Å². The van der Waals surface area contributed by atoms with Crippen LogP contribution in [0, 0.1) is 5.92 Å². The number of hydrogen-bond acceptors (Lipinski definition) is 2. The van der Waals surface area contributed by atoms with Crippen molar-refractivity contribution in [2.45, 2.75) is 19.2 Å². The summed E-state index contributed by atoms with van der Waals surface area (Å²) in [6.45, 7) is 4.98. The van der Waals surface area contributed by atoms with Gasteiger partial charge in [0.25, 0.3) is 0 Å². The van der Waals surface area contributed by atoms with Gasteiger partial charge in [-0.05, 0) is 18.1 Å². The second kappa shape index (κ2) is 5.07. The van der Waals surface area contributed by atoms with Crippen LogP contribution in [0.25, 0.3) is 0 Å². The molecule has 0 aliphatic heterocycles. The number of rotatable bonds is 4. The Bertz CT molecular complexity index is 236. The molecule has 1 aromatic rings. The molecule has 1 atom stereocenters. The fourth-order valence-corrected chi connectivity index (χ4v) is 0.982. The fourth-order valence-electron chi connectivity index (χ4n) is 0.905. The van der Waals surface area contributed by atoms with Crippen LogP contribution in [0.3, 0.4) is 0 Å². The van der Waals surface area contributed by atoms with Crippen LogP contribution < -0.4 is 5.32 Å². The zero-order valence-corrected chi connectivity index (χ0v) is 8.75. The van der Waals surface area contributed by atoms with E-state index in [4.69, 9.17) is 11.6 Å². The molecule has 72 valence electrons. The highest BCUT2D eigenvalue weighted by Crippen LogP contribution is 2.10. The SMILES string of the molecule is CC(C)C(Cl)CNc1ccccn1. The second-order valence-corrected chi connectivity index (χ2v) is 3.92. The number of pyridine rings is 1. The summed E-state index contributed by atoms with van der Waals surface area (Å²) in [7, 11) is 0. The number of nitrogens with one attached hydrogen (secondary N) is 1. The van der Waals surface area contributed by atoms with E-state index in [0.717, 1.165) is 12.4 Å². The van der Waals surface area contributed by atoms with E-state index < -0.39 is 0 Å². The summed E-state index contributed by atoms with van der Waals surface area (Å²) >= 11 is 6.08. The quantitative estimate of drug-likeness (QED) is 0.753. The normalized spacial score (nSPS) is 12.9. The van der Waals surface area contributed by atoms with Crippen molar-refractivity contribution in [2.24, 2.45) is 5.92 Å². The van der Waals surface area contributed by atoms with Gasteiger partial charge < -0.3 is 5.32 Å². The molecule has 2 nitrogen and oxygen atoms in total. The van der Waals surface area contributed by atoms with Crippen molar-refractivity contribution in [1.29, 1.82) is 0 Å². The Balaban J connectivity index is 2.35. The van der Waals surface area contributed by atoms with Gasteiger partial charge in [0.15, 0.2) is 0 Å². The van der Waals surface area contributed by atoms with Crippen LogP contribution in [0.5, 0.6) is 0 Å². The van der Waals surface area contributed by atoms with Crippen molar-refractivity contribution in [3.63, 3.8) is 0 Å². The number of nitrogens with zero attached hydrogens (tertiary/aromatic N) is 1. The molecule has 0 spiro atoms. The molecule has 1 heterocycles. The van der Waals surface area contributed by atoms with Crippen LogP contribution in [0.15, 0.2) is 24.4 Å². The maximum atomic E-state index is 6.08. The van der Waals surface area contributed by atoms with Gasteiger partial charge in [0.05, 0.1) is 5.38 Å². The van der Waals surface area contributed by atoms with E-state index in [9.17, 15) is 0 Å². The predicted octanol–water partition coefficient (Wildman–Crippen LogP) is 2.76. The molecule has 1 rings (SSSR count). The van der Waals surface area contributed by atoms with Crippen molar-refractivity contribution in [3.05, 3.63) is 24.4 Å². The lowest BCUT2D eigenvalue weighted by atomic mass is 10.1. The first-order valence-corrected chi connectivity index (χ1v) is 4.92. The summed E-state index contributed by atoms with van der Waals surface area (Å²) in [6, 6.07) is 5.78. The third-order valence-corrected chi connectivity index (χ3v) is 2.52. The molecule has 0 saturated heterocycles. The minimum atomic E-state index is 0.155. The number of aromatic nitrogens is 1. The van der Waals surface area contributed by atoms with Crippen molar-refractivity contribution >= 4 is 17.4 Å². The maximum Gasteiger partial charge on any atom is 0.125 e. The van der Waals surface area contributed by atoms with Gasteiger partial charge in [0.2, 0.25) is 0 Å². The topological polar surface area (TPSA) is 24.9 Å². The first-order chi connectivity index (χ1) is 6.20. The van der Waals surface area contributed by atoms with E-state index in [-0.39, 0.29) is 5.38 Å². The highest BCUT2D eigenvalue weighted by molar-refractivity contribution is 6.21. The van der Waals surface area contributed by atoms with E-state index >= 15 is 0 Å². The van der Waals surface area contributed by atoms with Crippen molar-refractivity contribution in [1.82, 2.24) is 4.98 Å². The van der Waals surface area contributed by atoms with E-state index in [2.05, 4.69) is 24.1 Å². The standard InChI is InChI=1S/C10H15ClN2/c1-8(2)9(11)7-13-10-5-3-4-6-12-10/h3-6,8-9H,7H2,1-2H3,(H,12,13). The van der Waals surface area contributed by atoms with E-state index in [1.165, 1.54) is 0 Å². The average molecular weight is 199 g/mol. The summed E-state index contributed by atoms with van der Waals surface area (Å²) in [6.07, 6.45) is 1.76. The summed E-state index contributed by atoms with van der Waals surface area (Å²) < 4.78 is 0. The van der Waals surface area contributed by atoms with Crippen molar-refractivity contribution in [2.75, 3.05) is 11.9 Å². The van der Waals surface area contributed by atoms with Crippen LogP contribution in [0.4, 0.5) is 5.82 Å². The minimum absolute atomic E-state index is 0.155. The molecular formula is C10H15ClN2. The maximum absolute atomic E-state index is 6.08. The second-order valence-electron chi connectivity index (χ2n) is 3.36. The molecule has 0 radical (unpaired) electrons. The summed E-state index contributed by atoms with van der Waals surface area (Å²) in [5.41, 5.74) is 0. The van der Waals surface area contributed by atoms with Gasteiger partial charge in [-0.15, -0.1) is 11.6 Å². The zero-order chi connectivity index (χ0) is 9.68. The minimum Gasteiger partial charge on any atom is -0.369 e. The Morgan fingerprint density at radius 2 is 2.23 bits per heavy atom. The number of halogens is 1. The monoisotopic (exact) mass is 198 g/mol. The van der Waals surface area contributed by atoms with Gasteiger partial charge in [-0.25, -0.2) is 4.98 Å². The van der Waals surface area contributed by atoms with Gasteiger partial charge in [0, 0.05) is 12.7 Å². The lowest BCUT2D eigenvalue weighted by molar-refractivity contribution is 0.615. The molecule has 1 aromatic heterocycles. The third-order valence-electron chi connectivity index (χ3n) is 1.87. The summed E-state index contributed by atoms with van der Waals surface area (Å²) in [5, 5.41) is 3.34. The molecular weight excluding hydrogens is 184 g/mol. The first kappa shape index (κ1) is 10.3. The highest BCUT2D eigenvalue weighted by Gasteiger charge is 2.08. The number of hydrogen-bond donors (Lipinski definition) is 1. The van der Waals surface area contributed by atoms with E-state index in [1.54, 1.807) is 6.20 Å². The van der Waals surface area contributed by atoms with Gasteiger partial charge in [-0.1, -0.05) is 19.9 Å². The average Bonchev–Trinajstić information content (AvgIpc) is 2.15. The Labute approximate surface area is 84.3 Å².